The molecule has 1 rings (SSSR count). The lowest BCUT2D eigenvalue weighted by molar-refractivity contribution is 0.190. The zero-order valence-corrected chi connectivity index (χ0v) is 11.2. The number of carbonyl (C=O) groups is 1. The first-order valence-corrected chi connectivity index (χ1v) is 6.04. The summed E-state index contributed by atoms with van der Waals surface area (Å²) in [6.07, 6.45) is 2.35. The van der Waals surface area contributed by atoms with Crippen LogP contribution in [0.4, 0.5) is 4.79 Å². The number of amides is 2. The quantitative estimate of drug-likeness (QED) is 0.632. The van der Waals surface area contributed by atoms with Crippen LogP contribution in [0.2, 0.25) is 0 Å². The lowest BCUT2D eigenvalue weighted by atomic mass is 9.88. The molecule has 0 aromatic carbocycles. The minimum atomic E-state index is -0.284. The Morgan fingerprint density at radius 2 is 2.28 bits per heavy atom. The van der Waals surface area contributed by atoms with Crippen molar-refractivity contribution in [2.75, 3.05) is 6.61 Å². The molecule has 0 aliphatic rings. The van der Waals surface area contributed by atoms with E-state index in [-0.39, 0.29) is 24.1 Å². The van der Waals surface area contributed by atoms with Crippen LogP contribution >= 0.6 is 0 Å². The zero-order chi connectivity index (χ0) is 13.6. The first-order valence-electron chi connectivity index (χ1n) is 6.04. The van der Waals surface area contributed by atoms with Crippen LogP contribution in [0.25, 0.3) is 0 Å². The van der Waals surface area contributed by atoms with Crippen molar-refractivity contribution in [2.45, 2.75) is 39.8 Å². The van der Waals surface area contributed by atoms with E-state index in [0.717, 1.165) is 12.1 Å². The smallest absolute Gasteiger partial charge is 0.315 e. The summed E-state index contributed by atoms with van der Waals surface area (Å²) in [6, 6.07) is 1.28. The molecule has 0 fully saturated rings. The predicted molar refractivity (Wildman–Crippen MR) is 68.9 cm³/mol. The average molecular weight is 254 g/mol. The van der Waals surface area contributed by atoms with E-state index in [1.807, 2.05) is 0 Å². The van der Waals surface area contributed by atoms with Crippen molar-refractivity contribution in [2.24, 2.45) is 5.41 Å². The van der Waals surface area contributed by atoms with Crippen molar-refractivity contribution in [3.05, 3.63) is 18.0 Å². The minimum absolute atomic E-state index is 0.0596. The Kier molecular flexibility index (Phi) is 5.15. The molecule has 0 aliphatic heterocycles. The van der Waals surface area contributed by atoms with Crippen molar-refractivity contribution < 1.29 is 9.90 Å². The maximum absolute atomic E-state index is 11.6. The molecule has 4 N–H and O–H groups in total. The highest BCUT2D eigenvalue weighted by atomic mass is 16.3. The number of aliphatic hydroxyl groups is 1. The standard InChI is InChI=1S/C12H22N4O2/c1-12(2,3)6-10(8-17)15-11(18)13-7-9-4-5-14-16-9/h4-5,10,17H,6-8H2,1-3H3,(H,14,16)(H2,13,15,18). The summed E-state index contributed by atoms with van der Waals surface area (Å²) in [4.78, 5) is 11.6. The van der Waals surface area contributed by atoms with Gasteiger partial charge in [-0.15, -0.1) is 0 Å². The van der Waals surface area contributed by atoms with Gasteiger partial charge in [0.25, 0.3) is 0 Å². The first-order chi connectivity index (χ1) is 8.40. The summed E-state index contributed by atoms with van der Waals surface area (Å²) in [5, 5.41) is 21.2. The van der Waals surface area contributed by atoms with E-state index < -0.39 is 0 Å². The first kappa shape index (κ1) is 14.5. The fraction of sp³-hybridized carbons (Fsp3) is 0.667. The third kappa shape index (κ3) is 5.67. The molecule has 0 bridgehead atoms. The Morgan fingerprint density at radius 3 is 2.78 bits per heavy atom. The van der Waals surface area contributed by atoms with Gasteiger partial charge in [0.05, 0.1) is 24.9 Å². The molecule has 102 valence electrons. The minimum Gasteiger partial charge on any atom is -0.394 e. The van der Waals surface area contributed by atoms with E-state index >= 15 is 0 Å². The molecule has 18 heavy (non-hydrogen) atoms. The van der Waals surface area contributed by atoms with Crippen molar-refractivity contribution in [3.63, 3.8) is 0 Å². The maximum Gasteiger partial charge on any atom is 0.315 e. The number of urea groups is 1. The van der Waals surface area contributed by atoms with Gasteiger partial charge in [-0.2, -0.15) is 5.10 Å². The molecule has 1 atom stereocenters. The van der Waals surface area contributed by atoms with E-state index in [9.17, 15) is 9.90 Å². The van der Waals surface area contributed by atoms with Crippen LogP contribution in [0.5, 0.6) is 0 Å². The number of nitrogens with zero attached hydrogens (tertiary/aromatic N) is 1. The summed E-state index contributed by atoms with van der Waals surface area (Å²) in [6.45, 7) is 6.54. The summed E-state index contributed by atoms with van der Waals surface area (Å²) >= 11 is 0. The van der Waals surface area contributed by atoms with Crippen LogP contribution < -0.4 is 10.6 Å². The largest absolute Gasteiger partial charge is 0.394 e. The monoisotopic (exact) mass is 254 g/mol. The van der Waals surface area contributed by atoms with E-state index in [0.29, 0.717) is 6.54 Å². The van der Waals surface area contributed by atoms with Gasteiger partial charge in [-0.1, -0.05) is 20.8 Å². The third-order valence-corrected chi connectivity index (χ3v) is 2.41. The van der Waals surface area contributed by atoms with Crippen molar-refractivity contribution in [3.8, 4) is 0 Å². The number of nitrogens with one attached hydrogen (secondary N) is 3. The van der Waals surface area contributed by atoms with Crippen molar-refractivity contribution in [1.82, 2.24) is 20.8 Å². The second-order valence-corrected chi connectivity index (χ2v) is 5.55. The van der Waals surface area contributed by atoms with Gasteiger partial charge in [-0.3, -0.25) is 5.10 Å². The molecule has 0 aliphatic carbocycles. The van der Waals surface area contributed by atoms with Crippen LogP contribution in [-0.4, -0.2) is 34.0 Å². The second kappa shape index (κ2) is 6.39. The molecule has 6 heteroatoms. The number of H-pyrrole nitrogens is 1. The Balaban J connectivity index is 2.33. The molecule has 0 spiro atoms. The molecule has 2 amide bonds. The summed E-state index contributed by atoms with van der Waals surface area (Å²) < 4.78 is 0. The Hall–Kier alpha value is -1.56. The van der Waals surface area contributed by atoms with Crippen LogP contribution in [0.1, 0.15) is 32.9 Å². The van der Waals surface area contributed by atoms with Gasteiger partial charge in [-0.25, -0.2) is 4.79 Å². The number of hydrogen-bond acceptors (Lipinski definition) is 3. The molecule has 1 aromatic rings. The SMILES string of the molecule is CC(C)(C)CC(CO)NC(=O)NCc1ccn[nH]1. The number of hydrogen-bond donors (Lipinski definition) is 4. The second-order valence-electron chi connectivity index (χ2n) is 5.55. The van der Waals surface area contributed by atoms with Crippen LogP contribution in [0.15, 0.2) is 12.3 Å². The fourth-order valence-corrected chi connectivity index (χ4v) is 1.70. The molecular weight excluding hydrogens is 232 g/mol. The number of carbonyl (C=O) groups excluding carboxylic acids is 1. The number of aromatic nitrogens is 2. The molecular formula is C12H22N4O2. The van der Waals surface area contributed by atoms with E-state index in [2.05, 4.69) is 41.6 Å². The zero-order valence-electron chi connectivity index (χ0n) is 11.2. The lowest BCUT2D eigenvalue weighted by Gasteiger charge is -2.25. The Morgan fingerprint density at radius 1 is 1.56 bits per heavy atom. The highest BCUT2D eigenvalue weighted by Gasteiger charge is 2.19. The third-order valence-electron chi connectivity index (χ3n) is 2.41. The maximum atomic E-state index is 11.6. The molecule has 0 saturated carbocycles. The lowest BCUT2D eigenvalue weighted by Crippen LogP contribution is -2.45. The van der Waals surface area contributed by atoms with Gasteiger partial charge in [0.2, 0.25) is 0 Å². The normalized spacial score (nSPS) is 13.1. The molecule has 1 heterocycles. The topological polar surface area (TPSA) is 90.0 Å². The van der Waals surface area contributed by atoms with Gasteiger partial charge >= 0.3 is 6.03 Å². The average Bonchev–Trinajstić information content (AvgIpc) is 2.76. The van der Waals surface area contributed by atoms with E-state index in [1.165, 1.54) is 0 Å². The summed E-state index contributed by atoms with van der Waals surface area (Å²) in [5.74, 6) is 0. The summed E-state index contributed by atoms with van der Waals surface area (Å²) in [7, 11) is 0. The van der Waals surface area contributed by atoms with Gasteiger partial charge in [0.15, 0.2) is 0 Å². The van der Waals surface area contributed by atoms with Gasteiger partial charge < -0.3 is 15.7 Å². The predicted octanol–water partition coefficient (Wildman–Crippen LogP) is 1.01. The highest BCUT2D eigenvalue weighted by Crippen LogP contribution is 2.20. The van der Waals surface area contributed by atoms with E-state index in [1.54, 1.807) is 12.3 Å². The molecule has 0 radical (unpaired) electrons. The molecule has 0 saturated heterocycles. The van der Waals surface area contributed by atoms with Gasteiger partial charge in [-0.05, 0) is 17.9 Å². The van der Waals surface area contributed by atoms with E-state index in [4.69, 9.17) is 0 Å². The van der Waals surface area contributed by atoms with Crippen molar-refractivity contribution in [1.29, 1.82) is 0 Å². The summed E-state index contributed by atoms with van der Waals surface area (Å²) in [5.41, 5.74) is 0.894. The van der Waals surface area contributed by atoms with Crippen LogP contribution in [-0.2, 0) is 6.54 Å². The number of aliphatic hydroxyl groups excluding tert-OH is 1. The van der Waals surface area contributed by atoms with Crippen molar-refractivity contribution >= 4 is 6.03 Å². The van der Waals surface area contributed by atoms with Crippen LogP contribution in [0, 0.1) is 5.41 Å². The Bertz CT molecular complexity index is 357. The molecule has 1 aromatic heterocycles. The molecule has 1 unspecified atom stereocenters. The highest BCUT2D eigenvalue weighted by molar-refractivity contribution is 5.74. The fourth-order valence-electron chi connectivity index (χ4n) is 1.70. The molecule has 6 nitrogen and oxygen atoms in total. The number of rotatable bonds is 5. The van der Waals surface area contributed by atoms with Crippen LogP contribution in [0.3, 0.4) is 0 Å². The van der Waals surface area contributed by atoms with Gasteiger partial charge in [0.1, 0.15) is 0 Å². The van der Waals surface area contributed by atoms with Gasteiger partial charge in [0, 0.05) is 6.20 Å². The number of aromatic amines is 1. The Labute approximate surface area is 107 Å².